The number of carbonyl (C=O) groups is 5. The average molecular weight is 494 g/mol. The van der Waals surface area contributed by atoms with Gasteiger partial charge in [-0.2, -0.15) is 0 Å². The van der Waals surface area contributed by atoms with Gasteiger partial charge in [0, 0.05) is 4.88 Å². The third-order valence-electron chi connectivity index (χ3n) is 6.30. The molecule has 186 valence electrons. The third-order valence-corrected chi connectivity index (χ3v) is 7.43. The molecule has 2 fully saturated rings. The summed E-state index contributed by atoms with van der Waals surface area (Å²) in [7, 11) is 1.25. The number of anilines is 1. The van der Waals surface area contributed by atoms with Gasteiger partial charge in [0.2, 0.25) is 0 Å². The molecule has 2 N–H and O–H groups in total. The van der Waals surface area contributed by atoms with Gasteiger partial charge in [-0.15, -0.1) is 11.3 Å². The van der Waals surface area contributed by atoms with Gasteiger partial charge in [-0.25, -0.2) is 9.59 Å². The number of amides is 4. The molecule has 1 aromatic rings. The van der Waals surface area contributed by atoms with Crippen molar-refractivity contribution in [2.24, 2.45) is 11.3 Å². The summed E-state index contributed by atoms with van der Waals surface area (Å²) in [6.07, 6.45) is 1.94. The average Bonchev–Trinajstić information content (AvgIpc) is 3.11. The highest BCUT2D eigenvalue weighted by Gasteiger charge is 2.56. The van der Waals surface area contributed by atoms with E-state index in [1.54, 1.807) is 13.8 Å². The fourth-order valence-corrected chi connectivity index (χ4v) is 6.26. The molecule has 10 nitrogen and oxygen atoms in total. The number of aryl methyl sites for hydroxylation is 1. The zero-order valence-corrected chi connectivity index (χ0v) is 21.1. The largest absolute Gasteiger partial charge is 0.465 e. The van der Waals surface area contributed by atoms with Crippen molar-refractivity contribution >= 4 is 46.1 Å². The maximum atomic E-state index is 13.1. The zero-order valence-electron chi connectivity index (χ0n) is 20.3. The summed E-state index contributed by atoms with van der Waals surface area (Å²) in [4.78, 5) is 64.0. The van der Waals surface area contributed by atoms with Gasteiger partial charge in [0.05, 0.1) is 12.7 Å². The van der Waals surface area contributed by atoms with Gasteiger partial charge in [0.15, 0.2) is 6.61 Å². The van der Waals surface area contributed by atoms with Crippen molar-refractivity contribution in [2.75, 3.05) is 25.6 Å². The van der Waals surface area contributed by atoms with E-state index in [1.807, 2.05) is 6.92 Å². The van der Waals surface area contributed by atoms with E-state index in [0.717, 1.165) is 16.2 Å². The van der Waals surface area contributed by atoms with Crippen LogP contribution in [0.5, 0.6) is 0 Å². The second-order valence-corrected chi connectivity index (χ2v) is 11.2. The number of nitrogens with zero attached hydrogens (tertiary/aromatic N) is 1. The number of urea groups is 1. The zero-order chi connectivity index (χ0) is 25.4. The van der Waals surface area contributed by atoms with Gasteiger partial charge >= 0.3 is 18.0 Å². The van der Waals surface area contributed by atoms with Gasteiger partial charge in [0.25, 0.3) is 11.8 Å². The van der Waals surface area contributed by atoms with Crippen molar-refractivity contribution in [2.45, 2.75) is 59.4 Å². The Morgan fingerprint density at radius 3 is 2.50 bits per heavy atom. The minimum Gasteiger partial charge on any atom is -0.465 e. The fourth-order valence-electron chi connectivity index (χ4n) is 5.20. The molecule has 1 aliphatic carbocycles. The smallest absolute Gasteiger partial charge is 0.341 e. The Labute approximate surface area is 202 Å². The van der Waals surface area contributed by atoms with Gasteiger partial charge in [0.1, 0.15) is 17.1 Å². The van der Waals surface area contributed by atoms with Crippen LogP contribution in [0.4, 0.5) is 9.80 Å². The highest BCUT2D eigenvalue weighted by Crippen LogP contribution is 2.46. The lowest BCUT2D eigenvalue weighted by atomic mass is 9.64. The van der Waals surface area contributed by atoms with Crippen LogP contribution in [0, 0.1) is 25.2 Å². The van der Waals surface area contributed by atoms with Crippen LogP contribution in [-0.2, 0) is 23.9 Å². The van der Waals surface area contributed by atoms with Crippen LogP contribution in [0.25, 0.3) is 0 Å². The summed E-state index contributed by atoms with van der Waals surface area (Å²) in [6, 6.07) is -0.636. The number of hydrogen-bond donors (Lipinski definition) is 2. The van der Waals surface area contributed by atoms with Crippen molar-refractivity contribution < 1.29 is 33.4 Å². The Bertz CT molecular complexity index is 1050. The minimum atomic E-state index is -1.02. The van der Waals surface area contributed by atoms with Crippen LogP contribution in [-0.4, -0.2) is 60.5 Å². The first-order valence-corrected chi connectivity index (χ1v) is 11.9. The van der Waals surface area contributed by atoms with Crippen LogP contribution in [0.1, 0.15) is 60.8 Å². The standard InChI is InChI=1S/C23H31N3O7S/c1-12-7-22(4,5)11-23(8-12)20(30)26(21(31)25-23)9-16(28)33-10-15(27)24-18-17(19(29)32-6)13(2)14(3)34-18/h12H,7-11H2,1-6H3,(H,24,27)(H,25,31)/t12-,23-/m1/s1. The van der Waals surface area contributed by atoms with Crippen molar-refractivity contribution in [3.8, 4) is 0 Å². The lowest BCUT2D eigenvalue weighted by Crippen LogP contribution is -2.54. The number of thiophene rings is 1. The first kappa shape index (κ1) is 25.7. The number of carbonyl (C=O) groups excluding carboxylic acids is 5. The predicted octanol–water partition coefficient (Wildman–Crippen LogP) is 2.77. The quantitative estimate of drug-likeness (QED) is 0.460. The topological polar surface area (TPSA) is 131 Å². The van der Waals surface area contributed by atoms with Crippen LogP contribution in [0.2, 0.25) is 0 Å². The highest BCUT2D eigenvalue weighted by atomic mass is 32.1. The van der Waals surface area contributed by atoms with E-state index in [-0.39, 0.29) is 16.9 Å². The van der Waals surface area contributed by atoms with E-state index in [9.17, 15) is 24.0 Å². The second-order valence-electron chi connectivity index (χ2n) is 9.95. The highest BCUT2D eigenvalue weighted by molar-refractivity contribution is 7.16. The Hall–Kier alpha value is -2.95. The summed E-state index contributed by atoms with van der Waals surface area (Å²) >= 11 is 1.21. The maximum Gasteiger partial charge on any atom is 0.341 e. The molecule has 0 radical (unpaired) electrons. The number of rotatable bonds is 6. The van der Waals surface area contributed by atoms with E-state index in [4.69, 9.17) is 9.47 Å². The van der Waals surface area contributed by atoms with E-state index in [0.29, 0.717) is 23.4 Å². The monoisotopic (exact) mass is 493 g/mol. The van der Waals surface area contributed by atoms with Crippen LogP contribution >= 0.6 is 11.3 Å². The Balaban J connectivity index is 1.59. The molecule has 1 spiro atoms. The molecule has 0 bridgehead atoms. The normalized spacial score (nSPS) is 23.6. The van der Waals surface area contributed by atoms with Crippen LogP contribution in [0.3, 0.4) is 0 Å². The van der Waals surface area contributed by atoms with Crippen molar-refractivity contribution in [3.05, 3.63) is 16.0 Å². The van der Waals surface area contributed by atoms with Crippen molar-refractivity contribution in [3.63, 3.8) is 0 Å². The number of methoxy groups -OCH3 is 1. The molecule has 2 atom stereocenters. The number of nitrogens with one attached hydrogen (secondary N) is 2. The molecule has 1 aliphatic heterocycles. The lowest BCUT2D eigenvalue weighted by molar-refractivity contribution is -0.150. The van der Waals surface area contributed by atoms with Gasteiger partial charge in [-0.1, -0.05) is 20.8 Å². The molecule has 1 saturated heterocycles. The molecule has 34 heavy (non-hydrogen) atoms. The molecule has 2 heterocycles. The minimum absolute atomic E-state index is 0.128. The molecule has 4 amide bonds. The lowest BCUT2D eigenvalue weighted by Gasteiger charge is -2.43. The summed E-state index contributed by atoms with van der Waals surface area (Å²) < 4.78 is 9.77. The number of imide groups is 1. The maximum absolute atomic E-state index is 13.1. The molecule has 1 aromatic heterocycles. The summed E-state index contributed by atoms with van der Waals surface area (Å²) in [6.45, 7) is 8.49. The molecular formula is C23H31N3O7S. The summed E-state index contributed by atoms with van der Waals surface area (Å²) in [5.41, 5.74) is -0.206. The molecule has 3 rings (SSSR count). The predicted molar refractivity (Wildman–Crippen MR) is 124 cm³/mol. The van der Waals surface area contributed by atoms with E-state index in [1.165, 1.54) is 18.4 Å². The third kappa shape index (κ3) is 5.08. The van der Waals surface area contributed by atoms with Gasteiger partial charge < -0.3 is 20.1 Å². The number of esters is 2. The molecule has 1 saturated carbocycles. The van der Waals surface area contributed by atoms with E-state index in [2.05, 4.69) is 24.5 Å². The first-order chi connectivity index (χ1) is 15.8. The molecular weight excluding hydrogens is 462 g/mol. The fraction of sp³-hybridized carbons (Fsp3) is 0.609. The molecule has 0 unspecified atom stereocenters. The Kier molecular flexibility index (Phi) is 7.07. The first-order valence-electron chi connectivity index (χ1n) is 11.1. The SMILES string of the molecule is COC(=O)c1c(NC(=O)COC(=O)CN2C(=O)N[C@@]3(C[C@H](C)CC(C)(C)C3)C2=O)sc(C)c1C. The number of ether oxygens (including phenoxy) is 2. The Morgan fingerprint density at radius 1 is 1.21 bits per heavy atom. The number of hydrogen-bond acceptors (Lipinski definition) is 8. The summed E-state index contributed by atoms with van der Waals surface area (Å²) in [5.74, 6) is -2.32. The Morgan fingerprint density at radius 2 is 1.88 bits per heavy atom. The van der Waals surface area contributed by atoms with Gasteiger partial charge in [-0.3, -0.25) is 19.3 Å². The molecule has 2 aliphatic rings. The van der Waals surface area contributed by atoms with E-state index >= 15 is 0 Å². The molecule has 0 aromatic carbocycles. The summed E-state index contributed by atoms with van der Waals surface area (Å²) in [5, 5.41) is 5.65. The van der Waals surface area contributed by atoms with Crippen molar-refractivity contribution in [1.82, 2.24) is 10.2 Å². The van der Waals surface area contributed by atoms with Crippen LogP contribution < -0.4 is 10.6 Å². The van der Waals surface area contributed by atoms with E-state index < -0.39 is 48.5 Å². The van der Waals surface area contributed by atoms with Crippen molar-refractivity contribution in [1.29, 1.82) is 0 Å². The van der Waals surface area contributed by atoms with Crippen LogP contribution in [0.15, 0.2) is 0 Å². The second kappa shape index (κ2) is 9.36. The molecule has 11 heteroatoms. The van der Waals surface area contributed by atoms with Gasteiger partial charge in [-0.05, 0) is 50.0 Å².